The molecule has 1 heterocycles. The van der Waals surface area contributed by atoms with Gasteiger partial charge in [0.05, 0.1) is 5.69 Å². The van der Waals surface area contributed by atoms with Gasteiger partial charge in [-0.25, -0.2) is 0 Å². The molecule has 0 aromatic carbocycles. The number of ether oxygens (including phenoxy) is 2. The zero-order valence-corrected chi connectivity index (χ0v) is 10.6. The molecule has 6 heteroatoms. The van der Waals surface area contributed by atoms with Crippen LogP contribution in [0, 0.1) is 6.92 Å². The van der Waals surface area contributed by atoms with Crippen LogP contribution in [0.4, 0.5) is 0 Å². The largest absolute Gasteiger partial charge is 0.461 e. The van der Waals surface area contributed by atoms with Crippen LogP contribution in [0.2, 0.25) is 0 Å². The van der Waals surface area contributed by atoms with Gasteiger partial charge >= 0.3 is 11.9 Å². The van der Waals surface area contributed by atoms with Crippen molar-refractivity contribution in [3.05, 3.63) is 23.0 Å². The van der Waals surface area contributed by atoms with Crippen LogP contribution >= 0.6 is 0 Å². The van der Waals surface area contributed by atoms with Gasteiger partial charge in [0.2, 0.25) is 0 Å². The Kier molecular flexibility index (Phi) is 4.79. The smallest absolute Gasteiger partial charge is 0.308 e. The molecule has 1 aromatic rings. The van der Waals surface area contributed by atoms with E-state index in [1.807, 2.05) is 0 Å². The van der Waals surface area contributed by atoms with E-state index in [-0.39, 0.29) is 13.2 Å². The van der Waals surface area contributed by atoms with E-state index >= 15 is 0 Å². The molecule has 0 aliphatic rings. The number of esters is 2. The number of carbonyl (C=O) groups is 2. The Hall–Kier alpha value is -1.95. The van der Waals surface area contributed by atoms with Crippen LogP contribution in [0.15, 0.2) is 6.20 Å². The summed E-state index contributed by atoms with van der Waals surface area (Å²) in [5.74, 6) is -0.499. The molecule has 18 heavy (non-hydrogen) atoms. The van der Waals surface area contributed by atoms with Gasteiger partial charge in [0.25, 0.3) is 0 Å². The molecule has 6 nitrogen and oxygen atoms in total. The summed E-state index contributed by atoms with van der Waals surface area (Å²) in [5.41, 5.74) is 7.47. The first-order valence-corrected chi connectivity index (χ1v) is 5.45. The van der Waals surface area contributed by atoms with Gasteiger partial charge in [0.1, 0.15) is 6.61 Å². The lowest BCUT2D eigenvalue weighted by molar-refractivity contribution is -0.142. The van der Waals surface area contributed by atoms with E-state index in [9.17, 15) is 9.59 Å². The fraction of sp³-hybridized carbons (Fsp3) is 0.417. The highest BCUT2D eigenvalue weighted by atomic mass is 16.5. The fourth-order valence-corrected chi connectivity index (χ4v) is 1.48. The fourth-order valence-electron chi connectivity index (χ4n) is 1.48. The Morgan fingerprint density at radius 2 is 2.00 bits per heavy atom. The number of hydrogen-bond acceptors (Lipinski definition) is 6. The molecular formula is C12H16N2O4. The maximum atomic E-state index is 11.0. The van der Waals surface area contributed by atoms with Gasteiger partial charge in [-0.2, -0.15) is 0 Å². The Labute approximate surface area is 105 Å². The molecule has 98 valence electrons. The van der Waals surface area contributed by atoms with Crippen molar-refractivity contribution in [2.75, 3.05) is 0 Å². The Morgan fingerprint density at radius 1 is 1.33 bits per heavy atom. The summed E-state index contributed by atoms with van der Waals surface area (Å²) in [6, 6.07) is 0. The topological polar surface area (TPSA) is 91.5 Å². The molecule has 1 aromatic heterocycles. The predicted octanol–water partition coefficient (Wildman–Crippen LogP) is 0.837. The van der Waals surface area contributed by atoms with Gasteiger partial charge in [0, 0.05) is 37.7 Å². The maximum Gasteiger partial charge on any atom is 0.308 e. The van der Waals surface area contributed by atoms with E-state index in [0.717, 1.165) is 0 Å². The van der Waals surface area contributed by atoms with Crippen molar-refractivity contribution in [1.29, 1.82) is 0 Å². The summed E-state index contributed by atoms with van der Waals surface area (Å²) in [7, 11) is 0. The first-order chi connectivity index (χ1) is 8.45. The Bertz CT molecular complexity index is 471. The van der Waals surface area contributed by atoms with Crippen LogP contribution in [-0.2, 0) is 27.5 Å². The summed E-state index contributed by atoms with van der Waals surface area (Å²) >= 11 is 0. The molecule has 0 fully saturated rings. The van der Waals surface area contributed by atoms with E-state index < -0.39 is 11.9 Å². The van der Waals surface area contributed by atoms with Gasteiger partial charge in [-0.15, -0.1) is 0 Å². The number of nitrogens with two attached hydrogens (primary N) is 1. The normalized spacial score (nSPS) is 10.0. The second-order valence-electron chi connectivity index (χ2n) is 3.75. The van der Waals surface area contributed by atoms with Crippen molar-refractivity contribution in [2.45, 2.75) is 33.9 Å². The van der Waals surface area contributed by atoms with Crippen LogP contribution in [0.5, 0.6) is 5.75 Å². The zero-order chi connectivity index (χ0) is 13.7. The SMILES string of the molecule is CC(=O)OCc1cnc(C)c(OC(C)=O)c1CN. The highest BCUT2D eigenvalue weighted by Gasteiger charge is 2.15. The number of aromatic nitrogens is 1. The molecule has 0 amide bonds. The molecule has 1 rings (SSSR count). The van der Waals surface area contributed by atoms with Crippen LogP contribution in [-0.4, -0.2) is 16.9 Å². The molecule has 0 bridgehead atoms. The number of nitrogens with zero attached hydrogens (tertiary/aromatic N) is 1. The summed E-state index contributed by atoms with van der Waals surface area (Å²) in [6.45, 7) is 4.56. The van der Waals surface area contributed by atoms with Crippen molar-refractivity contribution >= 4 is 11.9 Å². The van der Waals surface area contributed by atoms with Gasteiger partial charge in [-0.3, -0.25) is 14.6 Å². The molecule has 0 unspecified atom stereocenters. The average Bonchev–Trinajstić information content (AvgIpc) is 2.29. The Balaban J connectivity index is 3.11. The molecular weight excluding hydrogens is 236 g/mol. The first kappa shape index (κ1) is 14.1. The van der Waals surface area contributed by atoms with E-state index in [2.05, 4.69) is 4.98 Å². The van der Waals surface area contributed by atoms with Crippen LogP contribution in [0.3, 0.4) is 0 Å². The van der Waals surface area contributed by atoms with Crippen LogP contribution in [0.1, 0.15) is 30.7 Å². The summed E-state index contributed by atoms with van der Waals surface area (Å²) < 4.78 is 9.99. The van der Waals surface area contributed by atoms with E-state index in [1.165, 1.54) is 13.8 Å². The molecule has 0 radical (unpaired) electrons. The zero-order valence-electron chi connectivity index (χ0n) is 10.6. The molecule has 2 N–H and O–H groups in total. The molecule has 0 aliphatic carbocycles. The van der Waals surface area contributed by atoms with Crippen molar-refractivity contribution in [3.63, 3.8) is 0 Å². The number of rotatable bonds is 4. The molecule has 0 saturated carbocycles. The summed E-state index contributed by atoms with van der Waals surface area (Å²) in [5, 5.41) is 0. The van der Waals surface area contributed by atoms with Crippen molar-refractivity contribution in [2.24, 2.45) is 5.73 Å². The molecule has 0 saturated heterocycles. The van der Waals surface area contributed by atoms with Crippen LogP contribution < -0.4 is 10.5 Å². The minimum atomic E-state index is -0.445. The van der Waals surface area contributed by atoms with E-state index in [4.69, 9.17) is 15.2 Å². The monoisotopic (exact) mass is 252 g/mol. The van der Waals surface area contributed by atoms with Gasteiger partial charge in [0.15, 0.2) is 5.75 Å². The number of carbonyl (C=O) groups excluding carboxylic acids is 2. The number of pyridine rings is 1. The first-order valence-electron chi connectivity index (χ1n) is 5.45. The lowest BCUT2D eigenvalue weighted by Gasteiger charge is -2.14. The highest BCUT2D eigenvalue weighted by Crippen LogP contribution is 2.25. The van der Waals surface area contributed by atoms with Gasteiger partial charge in [-0.1, -0.05) is 0 Å². The lowest BCUT2D eigenvalue weighted by Crippen LogP contribution is -2.13. The third kappa shape index (κ3) is 3.53. The number of aryl methyl sites for hydroxylation is 1. The second kappa shape index (κ2) is 6.11. The quantitative estimate of drug-likeness (QED) is 0.798. The molecule has 0 atom stereocenters. The van der Waals surface area contributed by atoms with Gasteiger partial charge in [-0.05, 0) is 6.92 Å². The maximum absolute atomic E-state index is 11.0. The van der Waals surface area contributed by atoms with Gasteiger partial charge < -0.3 is 15.2 Å². The van der Waals surface area contributed by atoms with Crippen LogP contribution in [0.25, 0.3) is 0 Å². The van der Waals surface area contributed by atoms with Crippen molar-refractivity contribution in [3.8, 4) is 5.75 Å². The molecule has 0 aliphatic heterocycles. The highest BCUT2D eigenvalue weighted by molar-refractivity contribution is 5.70. The summed E-state index contributed by atoms with van der Waals surface area (Å²) in [6.07, 6.45) is 1.56. The van der Waals surface area contributed by atoms with Crippen molar-refractivity contribution < 1.29 is 19.1 Å². The predicted molar refractivity (Wildman–Crippen MR) is 63.6 cm³/mol. The minimum absolute atomic E-state index is 0.0589. The summed E-state index contributed by atoms with van der Waals surface area (Å²) in [4.78, 5) is 25.9. The number of hydrogen-bond donors (Lipinski definition) is 1. The third-order valence-corrected chi connectivity index (χ3v) is 2.29. The molecule has 0 spiro atoms. The average molecular weight is 252 g/mol. The lowest BCUT2D eigenvalue weighted by atomic mass is 10.1. The third-order valence-electron chi connectivity index (χ3n) is 2.29. The van der Waals surface area contributed by atoms with E-state index in [1.54, 1.807) is 13.1 Å². The van der Waals surface area contributed by atoms with E-state index in [0.29, 0.717) is 22.6 Å². The Morgan fingerprint density at radius 3 is 2.50 bits per heavy atom. The minimum Gasteiger partial charge on any atom is -0.461 e. The van der Waals surface area contributed by atoms with Crippen molar-refractivity contribution in [1.82, 2.24) is 4.98 Å². The second-order valence-corrected chi connectivity index (χ2v) is 3.75. The standard InChI is InChI=1S/C12H16N2O4/c1-7-12(18-9(3)16)11(4-13)10(5-14-7)6-17-8(2)15/h5H,4,6,13H2,1-3H3.